The summed E-state index contributed by atoms with van der Waals surface area (Å²) >= 11 is 0. The van der Waals surface area contributed by atoms with Crippen molar-refractivity contribution in [2.24, 2.45) is 5.92 Å². The predicted molar refractivity (Wildman–Crippen MR) is 182 cm³/mol. The van der Waals surface area contributed by atoms with Crippen LogP contribution in [0.4, 0.5) is 10.1 Å². The van der Waals surface area contributed by atoms with Crippen LogP contribution in [-0.4, -0.2) is 72.2 Å². The average molecular weight is 646 g/mol. The van der Waals surface area contributed by atoms with Gasteiger partial charge in [-0.15, -0.1) is 0 Å². The Hall–Kier alpha value is -5.23. The SMILES string of the molecule is O=C(Nc1cncc(-c2ccc3[nH]nc(-c4nc5nccc(-c6cc(F)cc(OCCN7CCCC7)c6)c5[nH]4)c3n2)c1)C1CCCCC1. The molecular formula is C36H36FN9O2. The number of nitrogens with one attached hydrogen (secondary N) is 3. The van der Waals surface area contributed by atoms with Crippen LogP contribution in [0.5, 0.6) is 5.75 Å². The number of nitrogens with zero attached hydrogens (tertiary/aromatic N) is 6. The Kier molecular flexibility index (Phi) is 8.23. The van der Waals surface area contributed by atoms with E-state index in [-0.39, 0.29) is 17.6 Å². The number of benzene rings is 1. The third-order valence-corrected chi connectivity index (χ3v) is 9.36. The molecule has 1 amide bonds. The van der Waals surface area contributed by atoms with Crippen LogP contribution < -0.4 is 10.1 Å². The largest absolute Gasteiger partial charge is 0.492 e. The monoisotopic (exact) mass is 645 g/mol. The van der Waals surface area contributed by atoms with Gasteiger partial charge in [-0.25, -0.2) is 19.3 Å². The maximum absolute atomic E-state index is 14.8. The normalized spacial score (nSPS) is 15.8. The highest BCUT2D eigenvalue weighted by atomic mass is 19.1. The number of hydrogen-bond acceptors (Lipinski definition) is 8. The molecule has 1 aliphatic heterocycles. The summed E-state index contributed by atoms with van der Waals surface area (Å²) in [5.74, 6) is 0.675. The molecule has 0 atom stereocenters. The first kappa shape index (κ1) is 30.1. The van der Waals surface area contributed by atoms with Crippen molar-refractivity contribution >= 4 is 33.8 Å². The minimum Gasteiger partial charge on any atom is -0.492 e. The highest BCUT2D eigenvalue weighted by Gasteiger charge is 2.22. The van der Waals surface area contributed by atoms with Gasteiger partial charge in [-0.05, 0) is 80.7 Å². The van der Waals surface area contributed by atoms with E-state index in [9.17, 15) is 9.18 Å². The Morgan fingerprint density at radius 1 is 0.979 bits per heavy atom. The number of fused-ring (bicyclic) bond motifs is 2. The van der Waals surface area contributed by atoms with Crippen LogP contribution in [0.1, 0.15) is 44.9 Å². The first-order chi connectivity index (χ1) is 23.6. The lowest BCUT2D eigenvalue weighted by atomic mass is 9.88. The van der Waals surface area contributed by atoms with E-state index in [1.165, 1.54) is 31.4 Å². The molecule has 244 valence electrons. The van der Waals surface area contributed by atoms with Gasteiger partial charge in [-0.3, -0.25) is 19.8 Å². The second-order valence-electron chi connectivity index (χ2n) is 12.7. The van der Waals surface area contributed by atoms with Crippen LogP contribution in [0.25, 0.3) is 56.1 Å². The summed E-state index contributed by atoms with van der Waals surface area (Å²) < 4.78 is 20.8. The number of pyridine rings is 3. The molecule has 12 heteroatoms. The second-order valence-corrected chi connectivity index (χ2v) is 12.7. The number of imidazole rings is 1. The van der Waals surface area contributed by atoms with Crippen LogP contribution in [0, 0.1) is 11.7 Å². The van der Waals surface area contributed by atoms with E-state index in [2.05, 4.69) is 35.4 Å². The van der Waals surface area contributed by atoms with Crippen molar-refractivity contribution in [3.63, 3.8) is 0 Å². The fourth-order valence-corrected chi connectivity index (χ4v) is 6.85. The zero-order valence-corrected chi connectivity index (χ0v) is 26.5. The molecule has 11 nitrogen and oxygen atoms in total. The maximum Gasteiger partial charge on any atom is 0.227 e. The van der Waals surface area contributed by atoms with E-state index in [0.29, 0.717) is 57.5 Å². The number of anilines is 1. The predicted octanol–water partition coefficient (Wildman–Crippen LogP) is 6.76. The molecule has 6 heterocycles. The first-order valence-corrected chi connectivity index (χ1v) is 16.7. The van der Waals surface area contributed by atoms with Crippen molar-refractivity contribution in [1.82, 2.24) is 40.0 Å². The molecule has 0 radical (unpaired) electrons. The molecule has 48 heavy (non-hydrogen) atoms. The van der Waals surface area contributed by atoms with Crippen molar-refractivity contribution in [2.75, 3.05) is 31.6 Å². The lowest BCUT2D eigenvalue weighted by Gasteiger charge is -2.20. The maximum atomic E-state index is 14.8. The summed E-state index contributed by atoms with van der Waals surface area (Å²) in [6, 6.07) is 12.3. The highest BCUT2D eigenvalue weighted by molar-refractivity contribution is 5.96. The molecule has 0 unspecified atom stereocenters. The number of carbonyl (C=O) groups is 1. The molecule has 6 aromatic rings. The number of aromatic nitrogens is 7. The van der Waals surface area contributed by atoms with Crippen molar-refractivity contribution in [3.05, 3.63) is 66.9 Å². The topological polar surface area (TPSA) is 138 Å². The molecule has 1 aromatic carbocycles. The molecule has 8 rings (SSSR count). The van der Waals surface area contributed by atoms with Crippen molar-refractivity contribution in [3.8, 4) is 39.7 Å². The zero-order chi connectivity index (χ0) is 32.5. The number of halogens is 1. The minimum absolute atomic E-state index is 0.0464. The average Bonchev–Trinajstić information content (AvgIpc) is 3.88. The van der Waals surface area contributed by atoms with Crippen LogP contribution in [-0.2, 0) is 4.79 Å². The zero-order valence-electron chi connectivity index (χ0n) is 26.5. The van der Waals surface area contributed by atoms with Crippen LogP contribution >= 0.6 is 0 Å². The number of rotatable bonds is 9. The summed E-state index contributed by atoms with van der Waals surface area (Å²) in [6.07, 6.45) is 12.7. The smallest absolute Gasteiger partial charge is 0.227 e. The fraction of sp³-hybridized carbons (Fsp3) is 0.333. The van der Waals surface area contributed by atoms with E-state index in [4.69, 9.17) is 14.7 Å². The van der Waals surface area contributed by atoms with Gasteiger partial charge in [-0.1, -0.05) is 19.3 Å². The molecule has 0 spiro atoms. The highest BCUT2D eigenvalue weighted by Crippen LogP contribution is 2.33. The van der Waals surface area contributed by atoms with Crippen LogP contribution in [0.15, 0.2) is 61.1 Å². The Bertz CT molecular complexity index is 2100. The third kappa shape index (κ3) is 6.23. The third-order valence-electron chi connectivity index (χ3n) is 9.36. The quantitative estimate of drug-likeness (QED) is 0.157. The molecule has 1 saturated heterocycles. The first-order valence-electron chi connectivity index (χ1n) is 16.7. The van der Waals surface area contributed by atoms with Gasteiger partial charge in [0.05, 0.1) is 28.6 Å². The number of amides is 1. The summed E-state index contributed by atoms with van der Waals surface area (Å²) in [5.41, 5.74) is 6.49. The minimum atomic E-state index is -0.379. The number of hydrogen-bond donors (Lipinski definition) is 3. The van der Waals surface area contributed by atoms with Crippen molar-refractivity contribution < 1.29 is 13.9 Å². The molecular weight excluding hydrogens is 609 g/mol. The molecule has 2 fully saturated rings. The van der Waals surface area contributed by atoms with Gasteiger partial charge in [0, 0.05) is 42.0 Å². The van der Waals surface area contributed by atoms with E-state index in [1.54, 1.807) is 18.6 Å². The van der Waals surface area contributed by atoms with Gasteiger partial charge in [-0.2, -0.15) is 5.10 Å². The second kappa shape index (κ2) is 13.1. The van der Waals surface area contributed by atoms with E-state index in [1.807, 2.05) is 30.3 Å². The van der Waals surface area contributed by atoms with Gasteiger partial charge in [0.2, 0.25) is 5.91 Å². The van der Waals surface area contributed by atoms with E-state index in [0.717, 1.165) is 62.0 Å². The van der Waals surface area contributed by atoms with E-state index >= 15 is 0 Å². The Morgan fingerprint density at radius 3 is 2.73 bits per heavy atom. The Labute approximate surface area is 276 Å². The Balaban J connectivity index is 1.07. The van der Waals surface area contributed by atoms with Gasteiger partial charge >= 0.3 is 0 Å². The number of carbonyl (C=O) groups excluding carboxylic acids is 1. The number of aromatic amines is 2. The van der Waals surface area contributed by atoms with Gasteiger partial charge in [0.15, 0.2) is 17.2 Å². The number of likely N-dealkylation sites (tertiary alicyclic amines) is 1. The molecule has 2 aliphatic rings. The molecule has 3 N–H and O–H groups in total. The molecule has 1 saturated carbocycles. The van der Waals surface area contributed by atoms with Gasteiger partial charge < -0.3 is 15.0 Å². The number of ether oxygens (including phenoxy) is 1. The molecule has 5 aromatic heterocycles. The molecule has 0 bridgehead atoms. The summed E-state index contributed by atoms with van der Waals surface area (Å²) in [6.45, 7) is 3.49. The summed E-state index contributed by atoms with van der Waals surface area (Å²) in [4.78, 5) is 37.1. The fourth-order valence-electron chi connectivity index (χ4n) is 6.85. The standard InChI is InChI=1S/C36H36FN9O2/c37-25-16-23(18-27(19-25)48-15-14-46-12-4-5-13-46)28-10-11-39-34-31(28)42-35(43-34)33-32-30(44-45-33)9-8-29(41-32)24-17-26(21-38-20-24)40-36(47)22-6-2-1-3-7-22/h8-11,16-22H,1-7,12-15H2,(H,40,47)(H,44,45)(H,39,42,43). The molecule has 1 aliphatic carbocycles. The summed E-state index contributed by atoms with van der Waals surface area (Å²) in [5, 5.41) is 10.6. The Morgan fingerprint density at radius 2 is 1.85 bits per heavy atom. The lowest BCUT2D eigenvalue weighted by molar-refractivity contribution is -0.120. The summed E-state index contributed by atoms with van der Waals surface area (Å²) in [7, 11) is 0. The van der Waals surface area contributed by atoms with Gasteiger partial charge in [0.25, 0.3) is 0 Å². The number of H-pyrrole nitrogens is 2. The lowest BCUT2D eigenvalue weighted by Crippen LogP contribution is -2.25. The van der Waals surface area contributed by atoms with Crippen LogP contribution in [0.3, 0.4) is 0 Å². The van der Waals surface area contributed by atoms with Crippen LogP contribution in [0.2, 0.25) is 0 Å². The van der Waals surface area contributed by atoms with Crippen molar-refractivity contribution in [2.45, 2.75) is 44.9 Å². The van der Waals surface area contributed by atoms with Gasteiger partial charge in [0.1, 0.15) is 23.7 Å². The van der Waals surface area contributed by atoms with E-state index < -0.39 is 0 Å². The van der Waals surface area contributed by atoms with Crippen molar-refractivity contribution in [1.29, 1.82) is 0 Å².